The van der Waals surface area contributed by atoms with E-state index in [0.717, 1.165) is 6.07 Å². The zero-order chi connectivity index (χ0) is 12.8. The van der Waals surface area contributed by atoms with Crippen LogP contribution in [0.2, 0.25) is 0 Å². The minimum atomic E-state index is -1.19. The number of halogens is 1. The molecule has 0 heterocycles. The molecule has 0 spiro atoms. The molecule has 0 aliphatic rings. The monoisotopic (exact) mass is 237 g/mol. The number of aliphatic carboxylic acids is 1. The molecule has 0 fully saturated rings. The van der Waals surface area contributed by atoms with Crippen molar-refractivity contribution in [2.45, 2.75) is 12.5 Å². The molecule has 1 rings (SSSR count). The van der Waals surface area contributed by atoms with Crippen LogP contribution >= 0.6 is 0 Å². The molecular formula is C12H12FNO3. The van der Waals surface area contributed by atoms with Crippen LogP contribution in [0.5, 0.6) is 0 Å². The predicted octanol–water partition coefficient (Wildman–Crippen LogP) is 1.58. The number of hydrogen-bond acceptors (Lipinski definition) is 2. The van der Waals surface area contributed by atoms with Crippen molar-refractivity contribution in [2.75, 3.05) is 0 Å². The summed E-state index contributed by atoms with van der Waals surface area (Å²) in [5.74, 6) is -2.63. The molecule has 1 atom stereocenters. The van der Waals surface area contributed by atoms with E-state index in [1.165, 1.54) is 24.3 Å². The normalized spacial score (nSPS) is 11.6. The SMILES string of the molecule is C=CC[C@@H](NC(=O)c1ccccc1F)C(=O)O. The Morgan fingerprint density at radius 2 is 2.12 bits per heavy atom. The second-order valence-corrected chi connectivity index (χ2v) is 3.37. The van der Waals surface area contributed by atoms with E-state index in [1.54, 1.807) is 0 Å². The van der Waals surface area contributed by atoms with Crippen LogP contribution in [0.3, 0.4) is 0 Å². The molecule has 2 N–H and O–H groups in total. The average Bonchev–Trinajstić information content (AvgIpc) is 2.28. The molecule has 0 saturated carbocycles. The molecule has 90 valence electrons. The van der Waals surface area contributed by atoms with Crippen LogP contribution in [0, 0.1) is 5.82 Å². The highest BCUT2D eigenvalue weighted by Crippen LogP contribution is 2.07. The van der Waals surface area contributed by atoms with Crippen LogP contribution in [0.4, 0.5) is 4.39 Å². The quantitative estimate of drug-likeness (QED) is 0.764. The second-order valence-electron chi connectivity index (χ2n) is 3.37. The molecular weight excluding hydrogens is 225 g/mol. The van der Waals surface area contributed by atoms with Crippen molar-refractivity contribution < 1.29 is 19.1 Å². The molecule has 0 unspecified atom stereocenters. The first-order valence-corrected chi connectivity index (χ1v) is 4.95. The Labute approximate surface area is 97.8 Å². The Hall–Kier alpha value is -2.17. The maximum absolute atomic E-state index is 13.2. The van der Waals surface area contributed by atoms with Gasteiger partial charge in [0.1, 0.15) is 11.9 Å². The molecule has 1 aromatic rings. The van der Waals surface area contributed by atoms with E-state index in [0.29, 0.717) is 0 Å². The summed E-state index contributed by atoms with van der Waals surface area (Å²) in [6, 6.07) is 4.28. The van der Waals surface area contributed by atoms with Gasteiger partial charge in [0.25, 0.3) is 5.91 Å². The second kappa shape index (κ2) is 5.79. The topological polar surface area (TPSA) is 66.4 Å². The fourth-order valence-corrected chi connectivity index (χ4v) is 1.27. The van der Waals surface area contributed by atoms with E-state index in [4.69, 9.17) is 5.11 Å². The maximum atomic E-state index is 13.2. The number of carboxylic acid groups (broad SMARTS) is 1. The predicted molar refractivity (Wildman–Crippen MR) is 60.1 cm³/mol. The van der Waals surface area contributed by atoms with E-state index in [2.05, 4.69) is 11.9 Å². The van der Waals surface area contributed by atoms with Gasteiger partial charge in [-0.15, -0.1) is 6.58 Å². The highest BCUT2D eigenvalue weighted by atomic mass is 19.1. The Morgan fingerprint density at radius 3 is 2.65 bits per heavy atom. The Morgan fingerprint density at radius 1 is 1.47 bits per heavy atom. The van der Waals surface area contributed by atoms with Gasteiger partial charge in [-0.2, -0.15) is 0 Å². The number of carbonyl (C=O) groups excluding carboxylic acids is 1. The van der Waals surface area contributed by atoms with Gasteiger partial charge in [-0.05, 0) is 18.6 Å². The first-order valence-electron chi connectivity index (χ1n) is 4.95. The van der Waals surface area contributed by atoms with Crippen LogP contribution in [-0.2, 0) is 4.79 Å². The Bertz CT molecular complexity index is 445. The standard InChI is InChI=1S/C12H12FNO3/c1-2-5-10(12(16)17)14-11(15)8-6-3-4-7-9(8)13/h2-4,6-7,10H,1,5H2,(H,14,15)(H,16,17)/t10-/m1/s1. The minimum absolute atomic E-state index is 0.0789. The van der Waals surface area contributed by atoms with Crippen molar-refractivity contribution >= 4 is 11.9 Å². The van der Waals surface area contributed by atoms with Gasteiger partial charge >= 0.3 is 5.97 Å². The van der Waals surface area contributed by atoms with Crippen molar-refractivity contribution in [3.63, 3.8) is 0 Å². The fourth-order valence-electron chi connectivity index (χ4n) is 1.27. The summed E-state index contributed by atoms with van der Waals surface area (Å²) in [5.41, 5.74) is -0.178. The van der Waals surface area contributed by atoms with Gasteiger partial charge in [0.2, 0.25) is 0 Å². The first-order chi connectivity index (χ1) is 8.06. The van der Waals surface area contributed by atoms with Crippen molar-refractivity contribution in [3.05, 3.63) is 48.3 Å². The highest BCUT2D eigenvalue weighted by Gasteiger charge is 2.20. The summed E-state index contributed by atoms with van der Waals surface area (Å²) in [6.45, 7) is 3.39. The molecule has 0 saturated heterocycles. The molecule has 5 heteroatoms. The van der Waals surface area contributed by atoms with E-state index in [9.17, 15) is 14.0 Å². The minimum Gasteiger partial charge on any atom is -0.480 e. The molecule has 1 amide bonds. The first kappa shape index (κ1) is 12.9. The van der Waals surface area contributed by atoms with Gasteiger partial charge in [0.05, 0.1) is 5.56 Å². The van der Waals surface area contributed by atoms with Crippen molar-refractivity contribution in [1.29, 1.82) is 0 Å². The smallest absolute Gasteiger partial charge is 0.326 e. The Kier molecular flexibility index (Phi) is 4.39. The molecule has 4 nitrogen and oxygen atoms in total. The zero-order valence-corrected chi connectivity index (χ0v) is 9.02. The lowest BCUT2D eigenvalue weighted by molar-refractivity contribution is -0.139. The van der Waals surface area contributed by atoms with Crippen LogP contribution in [0.25, 0.3) is 0 Å². The van der Waals surface area contributed by atoms with Crippen LogP contribution in [0.15, 0.2) is 36.9 Å². The number of benzene rings is 1. The Balaban J connectivity index is 2.81. The summed E-state index contributed by atoms with van der Waals surface area (Å²) in [5, 5.41) is 11.0. The summed E-state index contributed by atoms with van der Waals surface area (Å²) < 4.78 is 13.2. The zero-order valence-electron chi connectivity index (χ0n) is 9.02. The van der Waals surface area contributed by atoms with E-state index < -0.39 is 23.7 Å². The van der Waals surface area contributed by atoms with Crippen LogP contribution in [0.1, 0.15) is 16.8 Å². The van der Waals surface area contributed by atoms with Crippen molar-refractivity contribution in [2.24, 2.45) is 0 Å². The van der Waals surface area contributed by atoms with Gasteiger partial charge in [0, 0.05) is 0 Å². The van der Waals surface area contributed by atoms with E-state index in [1.807, 2.05) is 0 Å². The van der Waals surface area contributed by atoms with Gasteiger partial charge in [-0.25, -0.2) is 9.18 Å². The lowest BCUT2D eigenvalue weighted by Crippen LogP contribution is -2.40. The molecule has 0 radical (unpaired) electrons. The summed E-state index contributed by atoms with van der Waals surface area (Å²) in [4.78, 5) is 22.4. The van der Waals surface area contributed by atoms with Crippen LogP contribution in [-0.4, -0.2) is 23.0 Å². The van der Waals surface area contributed by atoms with Gasteiger partial charge in [-0.1, -0.05) is 18.2 Å². The van der Waals surface area contributed by atoms with Gasteiger partial charge in [-0.3, -0.25) is 4.79 Å². The van der Waals surface area contributed by atoms with E-state index in [-0.39, 0.29) is 12.0 Å². The largest absolute Gasteiger partial charge is 0.480 e. The third-order valence-corrected chi connectivity index (χ3v) is 2.12. The average molecular weight is 237 g/mol. The van der Waals surface area contributed by atoms with E-state index >= 15 is 0 Å². The summed E-state index contributed by atoms with van der Waals surface area (Å²) in [6.07, 6.45) is 1.45. The number of amides is 1. The molecule has 1 aromatic carbocycles. The van der Waals surface area contributed by atoms with Gasteiger partial charge < -0.3 is 10.4 Å². The van der Waals surface area contributed by atoms with Crippen molar-refractivity contribution in [1.82, 2.24) is 5.32 Å². The fraction of sp³-hybridized carbons (Fsp3) is 0.167. The summed E-state index contributed by atoms with van der Waals surface area (Å²) in [7, 11) is 0. The summed E-state index contributed by atoms with van der Waals surface area (Å²) >= 11 is 0. The van der Waals surface area contributed by atoms with Crippen LogP contribution < -0.4 is 5.32 Å². The molecule has 0 aliphatic heterocycles. The number of carboxylic acids is 1. The number of hydrogen-bond donors (Lipinski definition) is 2. The lowest BCUT2D eigenvalue weighted by atomic mass is 10.1. The van der Waals surface area contributed by atoms with Gasteiger partial charge in [0.15, 0.2) is 0 Å². The highest BCUT2D eigenvalue weighted by molar-refractivity contribution is 5.96. The molecule has 0 aliphatic carbocycles. The number of rotatable bonds is 5. The maximum Gasteiger partial charge on any atom is 0.326 e. The van der Waals surface area contributed by atoms with Crippen molar-refractivity contribution in [3.8, 4) is 0 Å². The number of nitrogens with one attached hydrogen (secondary N) is 1. The third kappa shape index (κ3) is 3.41. The third-order valence-electron chi connectivity index (χ3n) is 2.12. The molecule has 17 heavy (non-hydrogen) atoms. The number of carbonyl (C=O) groups is 2. The lowest BCUT2D eigenvalue weighted by Gasteiger charge is -2.12. The molecule has 0 bridgehead atoms. The molecule has 0 aromatic heterocycles.